The summed E-state index contributed by atoms with van der Waals surface area (Å²) in [7, 11) is 1.80. The summed E-state index contributed by atoms with van der Waals surface area (Å²) in [6.07, 6.45) is 2.31. The van der Waals surface area contributed by atoms with E-state index in [-0.39, 0.29) is 24.9 Å². The second-order valence-corrected chi connectivity index (χ2v) is 10.8. The van der Waals surface area contributed by atoms with E-state index in [1.807, 2.05) is 24.3 Å². The Bertz CT molecular complexity index is 1680. The van der Waals surface area contributed by atoms with Crippen LogP contribution in [0.15, 0.2) is 75.3 Å². The molecule has 3 N–H and O–H groups in total. The van der Waals surface area contributed by atoms with Crippen LogP contribution in [0.1, 0.15) is 37.7 Å². The van der Waals surface area contributed by atoms with Crippen molar-refractivity contribution in [1.29, 1.82) is 0 Å². The van der Waals surface area contributed by atoms with Crippen molar-refractivity contribution in [3.05, 3.63) is 94.8 Å². The van der Waals surface area contributed by atoms with Crippen LogP contribution in [0.2, 0.25) is 0 Å². The van der Waals surface area contributed by atoms with E-state index in [0.717, 1.165) is 11.1 Å². The number of alkyl carbamates (subject to hydrolysis) is 1. The Hall–Kier alpha value is -5.77. The molecule has 13 nitrogen and oxygen atoms in total. The molecule has 0 fully saturated rings. The quantitative estimate of drug-likeness (QED) is 0.119. The standard InChI is InChI=1S/C32H34N6O7/c1-32(2,3)45-29(39)24(34-4)18-23-10-11-25(43-23)26-12-13-28(44-26)38(5)16-17-41-31(40)36-19-21-6-8-22(9-7-21)20-42-30-35-15-14-27(33)37-30/h6-15,18H,16-17,19-20H2,1-3,5H3,(H,36,40)(H2,33,35,37)/b24-18-. The third-order valence-electron chi connectivity index (χ3n) is 5.99. The number of rotatable bonds is 12. The molecular formula is C32H34N6O7. The minimum Gasteiger partial charge on any atom is -0.465 e. The summed E-state index contributed by atoms with van der Waals surface area (Å²) >= 11 is 0. The molecule has 45 heavy (non-hydrogen) atoms. The molecule has 0 spiro atoms. The molecule has 3 aromatic heterocycles. The van der Waals surface area contributed by atoms with E-state index in [1.165, 1.54) is 12.3 Å². The third kappa shape index (κ3) is 9.89. The summed E-state index contributed by atoms with van der Waals surface area (Å²) in [6, 6.07) is 16.1. The van der Waals surface area contributed by atoms with Gasteiger partial charge in [-0.05, 0) is 62.2 Å². The molecule has 0 saturated carbocycles. The normalized spacial score (nSPS) is 11.4. The van der Waals surface area contributed by atoms with Gasteiger partial charge in [0, 0.05) is 25.9 Å². The maximum atomic E-state index is 12.2. The van der Waals surface area contributed by atoms with E-state index >= 15 is 0 Å². The lowest BCUT2D eigenvalue weighted by Crippen LogP contribution is -2.28. The third-order valence-corrected chi connectivity index (χ3v) is 5.99. The van der Waals surface area contributed by atoms with Crippen molar-refractivity contribution < 1.29 is 32.6 Å². The summed E-state index contributed by atoms with van der Waals surface area (Å²) < 4.78 is 27.7. The van der Waals surface area contributed by atoms with E-state index in [1.54, 1.807) is 63.1 Å². The second kappa shape index (κ2) is 14.6. The summed E-state index contributed by atoms with van der Waals surface area (Å²) in [5, 5.41) is 2.73. The van der Waals surface area contributed by atoms with Crippen LogP contribution in [-0.2, 0) is 27.4 Å². The summed E-state index contributed by atoms with van der Waals surface area (Å²) in [5.41, 5.74) is 6.51. The highest BCUT2D eigenvalue weighted by molar-refractivity contribution is 5.95. The molecule has 0 saturated heterocycles. The Morgan fingerprint density at radius 1 is 1.04 bits per heavy atom. The fourth-order valence-corrected chi connectivity index (χ4v) is 3.77. The Kier molecular flexibility index (Phi) is 10.4. The van der Waals surface area contributed by atoms with Gasteiger partial charge in [-0.15, -0.1) is 0 Å². The lowest BCUT2D eigenvalue weighted by atomic mass is 10.1. The molecule has 0 aliphatic heterocycles. The van der Waals surface area contributed by atoms with E-state index in [4.69, 9.17) is 35.4 Å². The molecule has 0 aliphatic carbocycles. The first-order chi connectivity index (χ1) is 21.5. The average molecular weight is 615 g/mol. The number of anilines is 2. The smallest absolute Gasteiger partial charge is 0.407 e. The van der Waals surface area contributed by atoms with Gasteiger partial charge >= 0.3 is 18.1 Å². The van der Waals surface area contributed by atoms with Crippen molar-refractivity contribution in [3.8, 4) is 17.5 Å². The van der Waals surface area contributed by atoms with Gasteiger partial charge in [-0.2, -0.15) is 4.98 Å². The van der Waals surface area contributed by atoms with Gasteiger partial charge in [-0.1, -0.05) is 24.3 Å². The number of carbonyl (C=O) groups is 2. The lowest BCUT2D eigenvalue weighted by molar-refractivity contribution is -0.149. The Labute approximate surface area is 260 Å². The van der Waals surface area contributed by atoms with Crippen LogP contribution in [0, 0.1) is 6.57 Å². The molecule has 0 bridgehead atoms. The number of likely N-dealkylation sites (N-methyl/N-ethyl adjacent to an activating group) is 1. The number of carbonyl (C=O) groups excluding carboxylic acids is 2. The number of ether oxygens (including phenoxy) is 3. The number of nitrogens with zero attached hydrogens (tertiary/aromatic N) is 4. The molecule has 1 amide bonds. The summed E-state index contributed by atoms with van der Waals surface area (Å²) in [4.78, 5) is 37.5. The zero-order chi connectivity index (χ0) is 32.4. The van der Waals surface area contributed by atoms with Gasteiger partial charge < -0.3 is 39.0 Å². The Morgan fingerprint density at radius 3 is 2.47 bits per heavy atom. The van der Waals surface area contributed by atoms with Gasteiger partial charge in [0.2, 0.25) is 0 Å². The zero-order valence-electron chi connectivity index (χ0n) is 25.4. The number of benzene rings is 1. The first-order valence-electron chi connectivity index (χ1n) is 13.9. The van der Waals surface area contributed by atoms with Crippen LogP contribution in [0.4, 0.5) is 16.5 Å². The number of furan rings is 2. The van der Waals surface area contributed by atoms with Crippen molar-refractivity contribution in [1.82, 2.24) is 15.3 Å². The minimum atomic E-state index is -0.726. The van der Waals surface area contributed by atoms with Gasteiger partial charge in [0.15, 0.2) is 17.4 Å². The van der Waals surface area contributed by atoms with Crippen molar-refractivity contribution in [2.75, 3.05) is 30.8 Å². The number of hydrogen-bond acceptors (Lipinski definition) is 11. The first-order valence-corrected chi connectivity index (χ1v) is 13.9. The SMILES string of the molecule is [C-]#[N+]/C(=C\c1ccc(-c2ccc(N(C)CCOC(=O)NCc3ccc(COc4nccc(N)n4)cc3)o2)o1)C(=O)OC(C)(C)C. The van der Waals surface area contributed by atoms with Gasteiger partial charge in [0.1, 0.15) is 30.4 Å². The fourth-order valence-electron chi connectivity index (χ4n) is 3.77. The predicted molar refractivity (Wildman–Crippen MR) is 166 cm³/mol. The highest BCUT2D eigenvalue weighted by atomic mass is 16.6. The maximum Gasteiger partial charge on any atom is 0.407 e. The van der Waals surface area contributed by atoms with E-state index < -0.39 is 17.7 Å². The molecule has 0 atom stereocenters. The number of nitrogen functional groups attached to an aromatic ring is 1. The average Bonchev–Trinajstić information content (AvgIpc) is 3.68. The lowest BCUT2D eigenvalue weighted by Gasteiger charge is -2.19. The van der Waals surface area contributed by atoms with E-state index in [2.05, 4.69) is 20.1 Å². The zero-order valence-corrected chi connectivity index (χ0v) is 25.4. The molecule has 4 aromatic rings. The number of amides is 1. The molecule has 0 unspecified atom stereocenters. The predicted octanol–water partition coefficient (Wildman–Crippen LogP) is 5.46. The van der Waals surface area contributed by atoms with Gasteiger partial charge in [-0.3, -0.25) is 4.79 Å². The van der Waals surface area contributed by atoms with Crippen LogP contribution in [-0.4, -0.2) is 47.8 Å². The molecule has 3 heterocycles. The maximum absolute atomic E-state index is 12.2. The van der Waals surface area contributed by atoms with E-state index in [0.29, 0.717) is 42.1 Å². The highest BCUT2D eigenvalue weighted by Gasteiger charge is 2.21. The molecule has 0 radical (unpaired) electrons. The largest absolute Gasteiger partial charge is 0.465 e. The number of hydrogen-bond donors (Lipinski definition) is 2. The molecular weight excluding hydrogens is 580 g/mol. The van der Waals surface area contributed by atoms with Crippen LogP contribution in [0.5, 0.6) is 6.01 Å². The van der Waals surface area contributed by atoms with Crippen molar-refractivity contribution in [2.45, 2.75) is 39.5 Å². The van der Waals surface area contributed by atoms with Crippen LogP contribution in [0.25, 0.3) is 22.4 Å². The van der Waals surface area contributed by atoms with Crippen molar-refractivity contribution >= 4 is 29.8 Å². The number of nitrogens with two attached hydrogens (primary N) is 1. The topological polar surface area (TPSA) is 160 Å². The summed E-state index contributed by atoms with van der Waals surface area (Å²) in [5.74, 6) is 1.32. The number of nitrogens with one attached hydrogen (secondary N) is 1. The van der Waals surface area contributed by atoms with Crippen molar-refractivity contribution in [2.24, 2.45) is 0 Å². The second-order valence-electron chi connectivity index (χ2n) is 10.8. The molecule has 13 heteroatoms. The summed E-state index contributed by atoms with van der Waals surface area (Å²) in [6.45, 7) is 13.6. The fraction of sp³-hybridized carbons (Fsp3) is 0.281. The van der Waals surface area contributed by atoms with Crippen LogP contribution < -0.4 is 20.7 Å². The number of esters is 1. The van der Waals surface area contributed by atoms with Gasteiger partial charge in [-0.25, -0.2) is 14.6 Å². The van der Waals surface area contributed by atoms with Gasteiger partial charge in [0.25, 0.3) is 5.70 Å². The highest BCUT2D eigenvalue weighted by Crippen LogP contribution is 2.29. The Balaban J connectivity index is 1.19. The first kappa shape index (κ1) is 32.2. The number of aromatic nitrogens is 2. The van der Waals surface area contributed by atoms with E-state index in [9.17, 15) is 9.59 Å². The minimum absolute atomic E-state index is 0.125. The molecule has 0 aliphatic rings. The molecule has 234 valence electrons. The Morgan fingerprint density at radius 2 is 1.76 bits per heavy atom. The van der Waals surface area contributed by atoms with Gasteiger partial charge in [0.05, 0.1) is 13.1 Å². The van der Waals surface area contributed by atoms with Crippen LogP contribution in [0.3, 0.4) is 0 Å². The van der Waals surface area contributed by atoms with Crippen molar-refractivity contribution in [3.63, 3.8) is 0 Å². The van der Waals surface area contributed by atoms with Crippen LogP contribution >= 0.6 is 0 Å². The monoisotopic (exact) mass is 614 g/mol. The molecule has 1 aromatic carbocycles. The molecule has 4 rings (SSSR count).